The molecule has 0 bridgehead atoms. The summed E-state index contributed by atoms with van der Waals surface area (Å²) < 4.78 is 5.30. The molecule has 2 aromatic heterocycles. The van der Waals surface area contributed by atoms with E-state index in [2.05, 4.69) is 15.5 Å². The van der Waals surface area contributed by atoms with Gasteiger partial charge in [-0.05, 0) is 31.2 Å². The zero-order chi connectivity index (χ0) is 18.4. The van der Waals surface area contributed by atoms with Crippen LogP contribution in [0.3, 0.4) is 0 Å². The standard InChI is InChI=1S/C17H22N4O3S2/c1-2-24-10-7-14-19-20-17(26-14)18-15(22)12-5-8-21(9-6-12)16(23)13-4-3-11-25-13/h3-4,11-12H,2,5-10H2,1H3,(H,18,20,22). The minimum Gasteiger partial charge on any atom is -0.381 e. The summed E-state index contributed by atoms with van der Waals surface area (Å²) in [6.45, 7) is 4.44. The molecule has 2 aromatic rings. The highest BCUT2D eigenvalue weighted by molar-refractivity contribution is 7.15. The summed E-state index contributed by atoms with van der Waals surface area (Å²) in [4.78, 5) is 27.4. The predicted octanol–water partition coefficient (Wildman–Crippen LogP) is 2.67. The van der Waals surface area contributed by atoms with Crippen molar-refractivity contribution in [3.8, 4) is 0 Å². The molecule has 0 aliphatic carbocycles. The van der Waals surface area contributed by atoms with E-state index in [-0.39, 0.29) is 17.7 Å². The number of hydrogen-bond acceptors (Lipinski definition) is 7. The third-order valence-corrected chi connectivity index (χ3v) is 6.00. The molecule has 2 amide bonds. The molecule has 7 nitrogen and oxygen atoms in total. The number of aromatic nitrogens is 2. The number of thiophene rings is 1. The van der Waals surface area contributed by atoms with Crippen molar-refractivity contribution in [1.29, 1.82) is 0 Å². The van der Waals surface area contributed by atoms with Crippen LogP contribution >= 0.6 is 22.7 Å². The third kappa shape index (κ3) is 4.87. The molecule has 3 rings (SSSR count). The Morgan fingerprint density at radius 1 is 1.35 bits per heavy atom. The summed E-state index contributed by atoms with van der Waals surface area (Å²) in [7, 11) is 0. The maximum Gasteiger partial charge on any atom is 0.263 e. The summed E-state index contributed by atoms with van der Waals surface area (Å²) in [5, 5.41) is 14.2. The molecule has 3 heterocycles. The highest BCUT2D eigenvalue weighted by atomic mass is 32.1. The fourth-order valence-corrected chi connectivity index (χ4v) is 4.23. The molecule has 0 radical (unpaired) electrons. The van der Waals surface area contributed by atoms with E-state index >= 15 is 0 Å². The molecule has 9 heteroatoms. The Kier molecular flexibility index (Phi) is 6.70. The van der Waals surface area contributed by atoms with Crippen LogP contribution in [-0.4, -0.2) is 53.2 Å². The Morgan fingerprint density at radius 3 is 2.85 bits per heavy atom. The Bertz CT molecular complexity index is 724. The van der Waals surface area contributed by atoms with Gasteiger partial charge in [0.15, 0.2) is 0 Å². The van der Waals surface area contributed by atoms with Gasteiger partial charge in [-0.15, -0.1) is 21.5 Å². The molecule has 0 atom stereocenters. The lowest BCUT2D eigenvalue weighted by Gasteiger charge is -2.30. The Balaban J connectivity index is 1.46. The number of rotatable bonds is 7. The second-order valence-electron chi connectivity index (χ2n) is 5.98. The van der Waals surface area contributed by atoms with Crippen molar-refractivity contribution in [1.82, 2.24) is 15.1 Å². The summed E-state index contributed by atoms with van der Waals surface area (Å²) >= 11 is 2.83. The first-order chi connectivity index (χ1) is 12.7. The maximum absolute atomic E-state index is 12.4. The highest BCUT2D eigenvalue weighted by Crippen LogP contribution is 2.23. The largest absolute Gasteiger partial charge is 0.381 e. The molecule has 1 aliphatic rings. The van der Waals surface area contributed by atoms with Crippen LogP contribution < -0.4 is 5.32 Å². The van der Waals surface area contributed by atoms with Crippen LogP contribution in [0.1, 0.15) is 34.4 Å². The van der Waals surface area contributed by atoms with E-state index in [0.29, 0.717) is 50.7 Å². The van der Waals surface area contributed by atoms with Crippen molar-refractivity contribution in [2.75, 3.05) is 31.6 Å². The van der Waals surface area contributed by atoms with Gasteiger partial charge in [0.25, 0.3) is 5.91 Å². The van der Waals surface area contributed by atoms with Crippen molar-refractivity contribution < 1.29 is 14.3 Å². The van der Waals surface area contributed by atoms with Crippen LogP contribution in [0.5, 0.6) is 0 Å². The fourth-order valence-electron chi connectivity index (χ4n) is 2.82. The number of likely N-dealkylation sites (tertiary alicyclic amines) is 1. The topological polar surface area (TPSA) is 84.4 Å². The van der Waals surface area contributed by atoms with Gasteiger partial charge in [0, 0.05) is 32.0 Å². The number of carbonyl (C=O) groups is 2. The van der Waals surface area contributed by atoms with E-state index in [1.807, 2.05) is 29.3 Å². The molecular formula is C17H22N4O3S2. The first kappa shape index (κ1) is 18.9. The fraction of sp³-hybridized carbons (Fsp3) is 0.529. The molecule has 0 unspecified atom stereocenters. The summed E-state index contributed by atoms with van der Waals surface area (Å²) in [6, 6.07) is 3.72. The summed E-state index contributed by atoms with van der Waals surface area (Å²) in [5.41, 5.74) is 0. The Labute approximate surface area is 160 Å². The number of hydrogen-bond donors (Lipinski definition) is 1. The molecule has 1 saturated heterocycles. The van der Waals surface area contributed by atoms with E-state index < -0.39 is 0 Å². The van der Waals surface area contributed by atoms with Crippen LogP contribution in [0.25, 0.3) is 0 Å². The van der Waals surface area contributed by atoms with Crippen molar-refractivity contribution in [3.63, 3.8) is 0 Å². The molecule has 140 valence electrons. The number of nitrogens with zero attached hydrogens (tertiary/aromatic N) is 3. The van der Waals surface area contributed by atoms with Gasteiger partial charge >= 0.3 is 0 Å². The van der Waals surface area contributed by atoms with Crippen LogP contribution in [0.15, 0.2) is 17.5 Å². The Morgan fingerprint density at radius 2 is 2.15 bits per heavy atom. The molecule has 1 N–H and O–H groups in total. The Hall–Kier alpha value is -1.84. The van der Waals surface area contributed by atoms with Gasteiger partial charge in [0.05, 0.1) is 11.5 Å². The van der Waals surface area contributed by atoms with Crippen LogP contribution in [0.4, 0.5) is 5.13 Å². The molecular weight excluding hydrogens is 372 g/mol. The zero-order valence-corrected chi connectivity index (χ0v) is 16.3. The first-order valence-corrected chi connectivity index (χ1v) is 10.4. The second kappa shape index (κ2) is 9.20. The highest BCUT2D eigenvalue weighted by Gasteiger charge is 2.28. The van der Waals surface area contributed by atoms with Gasteiger partial charge < -0.3 is 15.0 Å². The molecule has 26 heavy (non-hydrogen) atoms. The molecule has 1 fully saturated rings. The lowest BCUT2D eigenvalue weighted by molar-refractivity contribution is -0.121. The second-order valence-corrected chi connectivity index (χ2v) is 7.99. The maximum atomic E-state index is 12.4. The van der Waals surface area contributed by atoms with Crippen molar-refractivity contribution >= 4 is 39.6 Å². The van der Waals surface area contributed by atoms with E-state index in [0.717, 1.165) is 9.88 Å². The molecule has 0 spiro atoms. The van der Waals surface area contributed by atoms with E-state index in [1.165, 1.54) is 22.7 Å². The first-order valence-electron chi connectivity index (χ1n) is 8.71. The SMILES string of the molecule is CCOCCc1nnc(NC(=O)C2CCN(C(=O)c3cccs3)CC2)s1. The van der Waals surface area contributed by atoms with Crippen LogP contribution in [0, 0.1) is 5.92 Å². The number of carbonyl (C=O) groups excluding carboxylic acids is 2. The molecule has 1 aliphatic heterocycles. The third-order valence-electron chi connectivity index (χ3n) is 4.25. The van der Waals surface area contributed by atoms with Crippen molar-refractivity contribution in [2.24, 2.45) is 5.92 Å². The van der Waals surface area contributed by atoms with E-state index in [1.54, 1.807) is 0 Å². The average Bonchev–Trinajstić information content (AvgIpc) is 3.34. The van der Waals surface area contributed by atoms with E-state index in [9.17, 15) is 9.59 Å². The van der Waals surface area contributed by atoms with Gasteiger partial charge in [0.2, 0.25) is 11.0 Å². The summed E-state index contributed by atoms with van der Waals surface area (Å²) in [6.07, 6.45) is 2.03. The monoisotopic (exact) mass is 394 g/mol. The predicted molar refractivity (Wildman–Crippen MR) is 102 cm³/mol. The zero-order valence-electron chi connectivity index (χ0n) is 14.6. The number of anilines is 1. The lowest BCUT2D eigenvalue weighted by atomic mass is 9.96. The lowest BCUT2D eigenvalue weighted by Crippen LogP contribution is -2.41. The quantitative estimate of drug-likeness (QED) is 0.730. The number of ether oxygens (including phenoxy) is 1. The average molecular weight is 395 g/mol. The molecule has 0 aromatic carbocycles. The van der Waals surface area contributed by atoms with Gasteiger partial charge in [-0.2, -0.15) is 0 Å². The summed E-state index contributed by atoms with van der Waals surface area (Å²) in [5.74, 6) is -0.0826. The van der Waals surface area contributed by atoms with E-state index in [4.69, 9.17) is 4.74 Å². The van der Waals surface area contributed by atoms with Crippen molar-refractivity contribution in [2.45, 2.75) is 26.2 Å². The van der Waals surface area contributed by atoms with Gasteiger partial charge in [-0.25, -0.2) is 0 Å². The smallest absolute Gasteiger partial charge is 0.263 e. The minimum atomic E-state index is -0.0989. The van der Waals surface area contributed by atoms with Gasteiger partial charge in [0.1, 0.15) is 5.01 Å². The van der Waals surface area contributed by atoms with Crippen molar-refractivity contribution in [3.05, 3.63) is 27.4 Å². The number of piperidine rings is 1. The normalized spacial score (nSPS) is 15.2. The van der Waals surface area contributed by atoms with Crippen LogP contribution in [0.2, 0.25) is 0 Å². The van der Waals surface area contributed by atoms with Crippen LogP contribution in [-0.2, 0) is 16.0 Å². The minimum absolute atomic E-state index is 0.0410. The van der Waals surface area contributed by atoms with Gasteiger partial charge in [-0.3, -0.25) is 9.59 Å². The number of nitrogens with one attached hydrogen (secondary N) is 1. The molecule has 0 saturated carbocycles. The number of amides is 2. The van der Waals surface area contributed by atoms with Gasteiger partial charge in [-0.1, -0.05) is 17.4 Å².